The smallest absolute Gasteiger partial charge is 0.352 e. The van der Waals surface area contributed by atoms with Crippen LogP contribution in [-0.4, -0.2) is 93.4 Å². The monoisotopic (exact) mass is 507 g/mol. The summed E-state index contributed by atoms with van der Waals surface area (Å²) < 4.78 is 0.920. The van der Waals surface area contributed by atoms with E-state index in [1.165, 1.54) is 43.0 Å². The fourth-order valence-electron chi connectivity index (χ4n) is 5.49. The molecule has 4 N–H and O–H groups in total. The first-order valence-electron chi connectivity index (χ1n) is 11.2. The number of piperidine rings is 3. The van der Waals surface area contributed by atoms with E-state index in [-0.39, 0.29) is 22.2 Å². The number of thiazole rings is 1. The van der Waals surface area contributed by atoms with Gasteiger partial charge in [-0.25, -0.2) is 9.78 Å². The minimum Gasteiger partial charge on any atom is -0.477 e. The van der Waals surface area contributed by atoms with Gasteiger partial charge in [0.2, 0.25) is 0 Å². The number of rotatable bonds is 7. The van der Waals surface area contributed by atoms with E-state index >= 15 is 0 Å². The van der Waals surface area contributed by atoms with Crippen LogP contribution in [0.15, 0.2) is 21.8 Å². The molecule has 0 radical (unpaired) electrons. The lowest BCUT2D eigenvalue weighted by Crippen LogP contribution is -2.71. The van der Waals surface area contributed by atoms with Gasteiger partial charge in [-0.05, 0) is 25.2 Å². The molecule has 2 atom stereocenters. The van der Waals surface area contributed by atoms with E-state index < -0.39 is 29.2 Å². The molecule has 1 aromatic heterocycles. The van der Waals surface area contributed by atoms with Crippen LogP contribution >= 0.6 is 23.1 Å². The van der Waals surface area contributed by atoms with Crippen molar-refractivity contribution in [3.8, 4) is 0 Å². The lowest BCUT2D eigenvalue weighted by Gasteiger charge is -2.52. The number of β-lactam (4-membered cyclic amide) rings is 1. The number of aromatic nitrogens is 1. The molecule has 0 aromatic carbocycles. The molecular weight excluding hydrogens is 480 g/mol. The molecule has 13 heteroatoms. The summed E-state index contributed by atoms with van der Waals surface area (Å²) in [5.41, 5.74) is 6.70. The van der Waals surface area contributed by atoms with Gasteiger partial charge in [0.15, 0.2) is 10.8 Å². The number of quaternary nitrogens is 1. The van der Waals surface area contributed by atoms with E-state index in [1.54, 1.807) is 5.38 Å². The van der Waals surface area contributed by atoms with Crippen LogP contribution in [-0.2, 0) is 19.2 Å². The zero-order valence-electron chi connectivity index (χ0n) is 18.7. The molecule has 2 bridgehead atoms. The van der Waals surface area contributed by atoms with Gasteiger partial charge in [-0.2, -0.15) is 0 Å². The Hall–Kier alpha value is -2.64. The topological polar surface area (TPSA) is 147 Å². The SMILES string of the molecule is CO/N=C(\C(=O)N[C@@H]1C(=O)N2C(C(=O)O)=C(C[N+]34CCC(CC3)CC4)CS[C@H]12)c1csc(N)n1. The highest BCUT2D eigenvalue weighted by atomic mass is 32.2. The Balaban J connectivity index is 1.33. The second-order valence-corrected chi connectivity index (χ2v) is 11.2. The van der Waals surface area contributed by atoms with Crippen LogP contribution in [0.4, 0.5) is 5.13 Å². The third kappa shape index (κ3) is 3.95. The van der Waals surface area contributed by atoms with Gasteiger partial charge in [0.25, 0.3) is 11.8 Å². The number of carbonyl (C=O) groups is 3. The lowest BCUT2D eigenvalue weighted by atomic mass is 9.85. The molecule has 0 unspecified atom stereocenters. The first-order chi connectivity index (χ1) is 16.3. The Morgan fingerprint density at radius 1 is 1.35 bits per heavy atom. The number of carboxylic acids is 1. The van der Waals surface area contributed by atoms with Crippen molar-refractivity contribution in [2.75, 3.05) is 44.8 Å². The average molecular weight is 508 g/mol. The van der Waals surface area contributed by atoms with Crippen molar-refractivity contribution >= 4 is 51.7 Å². The van der Waals surface area contributed by atoms with Gasteiger partial charge < -0.3 is 25.5 Å². The van der Waals surface area contributed by atoms with Gasteiger partial charge >= 0.3 is 5.97 Å². The Kier molecular flexibility index (Phi) is 6.02. The summed E-state index contributed by atoms with van der Waals surface area (Å²) in [5, 5.41) is 17.8. The number of carboxylic acid groups (broad SMARTS) is 1. The second kappa shape index (κ2) is 8.86. The number of hydrogen-bond acceptors (Lipinski definition) is 9. The van der Waals surface area contributed by atoms with Gasteiger partial charge in [-0.3, -0.25) is 14.5 Å². The number of fused-ring (bicyclic) bond motifs is 4. The fraction of sp³-hybridized carbons (Fsp3) is 0.571. The number of amides is 2. The predicted molar refractivity (Wildman–Crippen MR) is 127 cm³/mol. The number of anilines is 1. The molecule has 5 aliphatic rings. The maximum Gasteiger partial charge on any atom is 0.352 e. The third-order valence-corrected chi connectivity index (χ3v) is 9.27. The minimum atomic E-state index is -1.09. The lowest BCUT2D eigenvalue weighted by molar-refractivity contribution is -0.938. The molecule has 4 fully saturated rings. The van der Waals surface area contributed by atoms with Crippen molar-refractivity contribution in [1.82, 2.24) is 15.2 Å². The largest absolute Gasteiger partial charge is 0.477 e. The number of nitrogens with zero attached hydrogens (tertiary/aromatic N) is 4. The van der Waals surface area contributed by atoms with Crippen molar-refractivity contribution in [2.24, 2.45) is 11.1 Å². The van der Waals surface area contributed by atoms with Crippen molar-refractivity contribution < 1.29 is 28.8 Å². The van der Waals surface area contributed by atoms with Crippen molar-refractivity contribution in [1.29, 1.82) is 0 Å². The van der Waals surface area contributed by atoms with Gasteiger partial charge in [0, 0.05) is 16.7 Å². The van der Waals surface area contributed by atoms with Crippen LogP contribution in [0.1, 0.15) is 25.0 Å². The van der Waals surface area contributed by atoms with Crippen LogP contribution in [0.5, 0.6) is 0 Å². The van der Waals surface area contributed by atoms with E-state index in [0.717, 1.165) is 46.9 Å². The number of thioether (sulfide) groups is 1. The van der Waals surface area contributed by atoms with E-state index in [2.05, 4.69) is 15.5 Å². The molecule has 2 amide bonds. The summed E-state index contributed by atoms with van der Waals surface area (Å²) >= 11 is 2.64. The number of nitrogens with one attached hydrogen (secondary N) is 1. The molecule has 6 rings (SSSR count). The van der Waals surface area contributed by atoms with E-state index in [1.807, 2.05) is 0 Å². The average Bonchev–Trinajstić information content (AvgIpc) is 3.27. The number of hydrogen-bond donors (Lipinski definition) is 3. The summed E-state index contributed by atoms with van der Waals surface area (Å²) in [6.45, 7) is 3.89. The summed E-state index contributed by atoms with van der Waals surface area (Å²) in [7, 11) is 1.30. The Labute approximate surface area is 204 Å². The third-order valence-electron chi connectivity index (χ3n) is 7.26. The highest BCUT2D eigenvalue weighted by Crippen LogP contribution is 2.42. The first kappa shape index (κ1) is 23.1. The molecule has 182 valence electrons. The van der Waals surface area contributed by atoms with Crippen LogP contribution < -0.4 is 11.1 Å². The van der Waals surface area contributed by atoms with Gasteiger partial charge in [0.05, 0.1) is 19.6 Å². The molecule has 5 aliphatic heterocycles. The summed E-state index contributed by atoms with van der Waals surface area (Å²) in [6.07, 6.45) is 3.58. The number of nitrogen functional groups attached to an aromatic ring is 1. The quantitative estimate of drug-likeness (QED) is 0.209. The Morgan fingerprint density at radius 3 is 2.65 bits per heavy atom. The standard InChI is InChI=1S/C21H26N6O5S2/c1-32-25-14(13-10-34-21(22)23-13)17(28)24-15-18(29)26-16(20(30)31)12(9-33-19(15)26)8-27-5-2-11(3-6-27)4-7-27/h10-11,15,19H,2-9H2,1H3,(H3-,22,23,24,28,30,31)/p+1/b25-14-/t11?,15-,19-,27?/m1/s1. The highest BCUT2D eigenvalue weighted by molar-refractivity contribution is 8.00. The molecule has 6 heterocycles. The van der Waals surface area contributed by atoms with E-state index in [4.69, 9.17) is 10.6 Å². The highest BCUT2D eigenvalue weighted by Gasteiger charge is 2.55. The van der Waals surface area contributed by atoms with E-state index in [0.29, 0.717) is 12.3 Å². The number of carbonyl (C=O) groups excluding carboxylic acids is 2. The number of nitrogens with two attached hydrogens (primary N) is 1. The molecule has 4 saturated heterocycles. The fourth-order valence-corrected chi connectivity index (χ4v) is 7.37. The molecule has 0 spiro atoms. The maximum absolute atomic E-state index is 13.1. The Bertz CT molecular complexity index is 1080. The Morgan fingerprint density at radius 2 is 2.06 bits per heavy atom. The first-order valence-corrected chi connectivity index (χ1v) is 13.1. The van der Waals surface area contributed by atoms with Crippen LogP contribution in [0.25, 0.3) is 0 Å². The summed E-state index contributed by atoms with van der Waals surface area (Å²) in [4.78, 5) is 48.4. The molecule has 0 saturated carbocycles. The molecule has 11 nitrogen and oxygen atoms in total. The normalized spacial score (nSPS) is 30.6. The molecule has 1 aromatic rings. The second-order valence-electron chi connectivity index (χ2n) is 9.21. The number of oxime groups is 1. The zero-order valence-corrected chi connectivity index (χ0v) is 20.4. The van der Waals surface area contributed by atoms with Crippen LogP contribution in [0.3, 0.4) is 0 Å². The predicted octanol–water partition coefficient (Wildman–Crippen LogP) is 0.445. The maximum atomic E-state index is 13.1. The van der Waals surface area contributed by atoms with Gasteiger partial charge in [-0.15, -0.1) is 23.1 Å². The van der Waals surface area contributed by atoms with Crippen molar-refractivity contribution in [3.63, 3.8) is 0 Å². The molecule has 0 aliphatic carbocycles. The molecule has 34 heavy (non-hydrogen) atoms. The van der Waals surface area contributed by atoms with Crippen molar-refractivity contribution in [3.05, 3.63) is 22.3 Å². The van der Waals surface area contributed by atoms with Crippen LogP contribution in [0.2, 0.25) is 0 Å². The van der Waals surface area contributed by atoms with Crippen molar-refractivity contribution in [2.45, 2.75) is 30.7 Å². The summed E-state index contributed by atoms with van der Waals surface area (Å²) in [6, 6.07) is -0.857. The van der Waals surface area contributed by atoms with Crippen LogP contribution in [0, 0.1) is 5.92 Å². The van der Waals surface area contributed by atoms with Gasteiger partial charge in [-0.1, -0.05) is 5.16 Å². The van der Waals surface area contributed by atoms with E-state index in [9.17, 15) is 19.5 Å². The number of aliphatic carboxylic acids is 1. The van der Waals surface area contributed by atoms with Gasteiger partial charge in [0.1, 0.15) is 36.5 Å². The summed E-state index contributed by atoms with van der Waals surface area (Å²) in [5.74, 6) is -0.831. The zero-order chi connectivity index (χ0) is 24.0. The molecular formula is C21H27N6O5S2+. The minimum absolute atomic E-state index is 0.0810.